The van der Waals surface area contributed by atoms with Crippen molar-refractivity contribution in [1.29, 1.82) is 0 Å². The Morgan fingerprint density at radius 2 is 1.62 bits per heavy atom. The standard InChI is InChI=1S/C30H36FN3O4S/c1-4-5-18-32-30(36)28(20-24-13-7-6-8-14-24)33(21-25-15-11-12-23(2)19-25)29(35)22-34(39(3,37)38)27-17-10-9-16-26(27)31/h6-17,19,28H,4-5,18,20-22H2,1-3H3,(H,32,36). The number of halogens is 1. The van der Waals surface area contributed by atoms with E-state index < -0.39 is 34.3 Å². The van der Waals surface area contributed by atoms with Crippen molar-refractivity contribution in [2.45, 2.75) is 45.7 Å². The summed E-state index contributed by atoms with van der Waals surface area (Å²) in [6.07, 6.45) is 2.83. The van der Waals surface area contributed by atoms with E-state index in [1.54, 1.807) is 0 Å². The lowest BCUT2D eigenvalue weighted by atomic mass is 10.0. The molecule has 3 aromatic carbocycles. The van der Waals surface area contributed by atoms with Crippen LogP contribution in [0, 0.1) is 12.7 Å². The van der Waals surface area contributed by atoms with Crippen molar-refractivity contribution in [3.8, 4) is 0 Å². The Morgan fingerprint density at radius 3 is 2.26 bits per heavy atom. The van der Waals surface area contributed by atoms with Crippen LogP contribution in [-0.4, -0.2) is 50.5 Å². The smallest absolute Gasteiger partial charge is 0.244 e. The summed E-state index contributed by atoms with van der Waals surface area (Å²) in [4.78, 5) is 28.9. The van der Waals surface area contributed by atoms with Crippen molar-refractivity contribution in [2.24, 2.45) is 0 Å². The number of hydrogen-bond donors (Lipinski definition) is 1. The number of nitrogens with one attached hydrogen (secondary N) is 1. The molecule has 0 radical (unpaired) electrons. The number of para-hydroxylation sites is 1. The van der Waals surface area contributed by atoms with Gasteiger partial charge in [-0.15, -0.1) is 0 Å². The predicted octanol–water partition coefficient (Wildman–Crippen LogP) is 4.46. The SMILES string of the molecule is CCCCNC(=O)C(Cc1ccccc1)N(Cc1cccc(C)c1)C(=O)CN(c1ccccc1F)S(C)(=O)=O. The van der Waals surface area contributed by atoms with E-state index in [9.17, 15) is 22.4 Å². The highest BCUT2D eigenvalue weighted by molar-refractivity contribution is 7.92. The molecule has 1 N–H and O–H groups in total. The topological polar surface area (TPSA) is 86.8 Å². The largest absolute Gasteiger partial charge is 0.354 e. The first kappa shape index (κ1) is 29.8. The monoisotopic (exact) mass is 553 g/mol. The van der Waals surface area contributed by atoms with Crippen molar-refractivity contribution in [3.05, 3.63) is 101 Å². The summed E-state index contributed by atoms with van der Waals surface area (Å²) >= 11 is 0. The number of hydrogen-bond acceptors (Lipinski definition) is 4. The zero-order valence-corrected chi connectivity index (χ0v) is 23.5. The molecule has 3 rings (SSSR count). The van der Waals surface area contributed by atoms with Crippen LogP contribution < -0.4 is 9.62 Å². The Kier molecular flexibility index (Phi) is 10.6. The molecule has 0 heterocycles. The quantitative estimate of drug-likeness (QED) is 0.317. The van der Waals surface area contributed by atoms with Gasteiger partial charge in [-0.3, -0.25) is 13.9 Å². The molecule has 0 saturated heterocycles. The lowest BCUT2D eigenvalue weighted by molar-refractivity contribution is -0.140. The zero-order valence-electron chi connectivity index (χ0n) is 22.6. The number of anilines is 1. The summed E-state index contributed by atoms with van der Waals surface area (Å²) in [7, 11) is -4.03. The Balaban J connectivity index is 2.04. The molecule has 3 aromatic rings. The Bertz CT molecular complexity index is 1370. The summed E-state index contributed by atoms with van der Waals surface area (Å²) in [6, 6.07) is 21.4. The molecule has 0 aliphatic carbocycles. The molecular formula is C30H36FN3O4S. The van der Waals surface area contributed by atoms with Gasteiger partial charge in [-0.05, 0) is 36.6 Å². The van der Waals surface area contributed by atoms with E-state index in [4.69, 9.17) is 0 Å². The van der Waals surface area contributed by atoms with Gasteiger partial charge in [0.05, 0.1) is 11.9 Å². The normalized spacial score (nSPS) is 12.0. The van der Waals surface area contributed by atoms with E-state index in [1.807, 2.05) is 68.4 Å². The van der Waals surface area contributed by atoms with Gasteiger partial charge in [0, 0.05) is 19.5 Å². The van der Waals surface area contributed by atoms with E-state index in [2.05, 4.69) is 5.32 Å². The second kappa shape index (κ2) is 13.9. The third-order valence-electron chi connectivity index (χ3n) is 6.34. The minimum Gasteiger partial charge on any atom is -0.354 e. The van der Waals surface area contributed by atoms with Gasteiger partial charge in [-0.25, -0.2) is 12.8 Å². The number of amides is 2. The fraction of sp³-hybridized carbons (Fsp3) is 0.333. The van der Waals surface area contributed by atoms with Crippen LogP contribution in [0.4, 0.5) is 10.1 Å². The van der Waals surface area contributed by atoms with Crippen LogP contribution in [0.15, 0.2) is 78.9 Å². The average Bonchev–Trinajstić information content (AvgIpc) is 2.90. The summed E-state index contributed by atoms with van der Waals surface area (Å²) < 4.78 is 40.9. The van der Waals surface area contributed by atoms with Crippen LogP contribution >= 0.6 is 0 Å². The van der Waals surface area contributed by atoms with Gasteiger partial charge in [0.25, 0.3) is 0 Å². The van der Waals surface area contributed by atoms with Gasteiger partial charge in [0.2, 0.25) is 21.8 Å². The Morgan fingerprint density at radius 1 is 0.949 bits per heavy atom. The maximum Gasteiger partial charge on any atom is 0.244 e. The van der Waals surface area contributed by atoms with Crippen LogP contribution in [0.3, 0.4) is 0 Å². The van der Waals surface area contributed by atoms with E-state index in [0.29, 0.717) is 6.54 Å². The van der Waals surface area contributed by atoms with E-state index in [-0.39, 0.29) is 24.6 Å². The first-order chi connectivity index (χ1) is 18.6. The molecule has 0 aromatic heterocycles. The van der Waals surface area contributed by atoms with Gasteiger partial charge in [-0.1, -0.05) is 85.6 Å². The molecule has 0 spiro atoms. The number of nitrogens with zero attached hydrogens (tertiary/aromatic N) is 2. The lowest BCUT2D eigenvalue weighted by Gasteiger charge is -2.33. The summed E-state index contributed by atoms with van der Waals surface area (Å²) in [5.41, 5.74) is 2.40. The molecule has 39 heavy (non-hydrogen) atoms. The highest BCUT2D eigenvalue weighted by Crippen LogP contribution is 2.23. The molecular weight excluding hydrogens is 517 g/mol. The van der Waals surface area contributed by atoms with Crippen LogP contribution in [0.5, 0.6) is 0 Å². The van der Waals surface area contributed by atoms with Crippen LogP contribution in [-0.2, 0) is 32.6 Å². The summed E-state index contributed by atoms with van der Waals surface area (Å²) in [5, 5.41) is 2.94. The average molecular weight is 554 g/mol. The number of aryl methyl sites for hydroxylation is 1. The summed E-state index contributed by atoms with van der Waals surface area (Å²) in [6.45, 7) is 3.83. The van der Waals surface area contributed by atoms with Gasteiger partial charge in [0.1, 0.15) is 18.4 Å². The maximum absolute atomic E-state index is 14.7. The van der Waals surface area contributed by atoms with Crippen molar-refractivity contribution < 1.29 is 22.4 Å². The molecule has 0 bridgehead atoms. The Hall–Kier alpha value is -3.72. The maximum atomic E-state index is 14.7. The van der Waals surface area contributed by atoms with Crippen molar-refractivity contribution in [1.82, 2.24) is 10.2 Å². The molecule has 9 heteroatoms. The number of unbranched alkanes of at least 4 members (excludes halogenated alkanes) is 1. The molecule has 0 aliphatic rings. The molecule has 0 aliphatic heterocycles. The first-order valence-electron chi connectivity index (χ1n) is 13.0. The zero-order chi connectivity index (χ0) is 28.4. The predicted molar refractivity (Wildman–Crippen MR) is 152 cm³/mol. The molecule has 1 unspecified atom stereocenters. The van der Waals surface area contributed by atoms with E-state index in [0.717, 1.165) is 46.2 Å². The number of sulfonamides is 1. The second-order valence-electron chi connectivity index (χ2n) is 9.58. The van der Waals surface area contributed by atoms with Crippen LogP contribution in [0.2, 0.25) is 0 Å². The van der Waals surface area contributed by atoms with Crippen molar-refractivity contribution in [3.63, 3.8) is 0 Å². The third kappa shape index (κ3) is 8.64. The molecule has 2 amide bonds. The number of carbonyl (C=O) groups excluding carboxylic acids is 2. The van der Waals surface area contributed by atoms with Crippen LogP contribution in [0.25, 0.3) is 0 Å². The minimum atomic E-state index is -4.03. The minimum absolute atomic E-state index is 0.0775. The molecule has 0 saturated carbocycles. The molecule has 7 nitrogen and oxygen atoms in total. The number of rotatable bonds is 13. The highest BCUT2D eigenvalue weighted by Gasteiger charge is 2.33. The molecule has 0 fully saturated rings. The molecule has 1 atom stereocenters. The third-order valence-corrected chi connectivity index (χ3v) is 7.46. The number of carbonyl (C=O) groups is 2. The van der Waals surface area contributed by atoms with Gasteiger partial charge < -0.3 is 10.2 Å². The summed E-state index contributed by atoms with van der Waals surface area (Å²) in [5.74, 6) is -1.71. The lowest BCUT2D eigenvalue weighted by Crippen LogP contribution is -2.53. The van der Waals surface area contributed by atoms with Crippen molar-refractivity contribution in [2.75, 3.05) is 23.7 Å². The first-order valence-corrected chi connectivity index (χ1v) is 14.8. The van der Waals surface area contributed by atoms with E-state index >= 15 is 0 Å². The van der Waals surface area contributed by atoms with Crippen molar-refractivity contribution >= 4 is 27.5 Å². The van der Waals surface area contributed by atoms with E-state index in [1.165, 1.54) is 23.1 Å². The Labute approximate surface area is 230 Å². The fourth-order valence-electron chi connectivity index (χ4n) is 4.32. The molecule has 208 valence electrons. The second-order valence-corrected chi connectivity index (χ2v) is 11.5. The highest BCUT2D eigenvalue weighted by atomic mass is 32.2. The number of benzene rings is 3. The van der Waals surface area contributed by atoms with Gasteiger partial charge in [-0.2, -0.15) is 0 Å². The van der Waals surface area contributed by atoms with Crippen LogP contribution in [0.1, 0.15) is 36.5 Å². The fourth-order valence-corrected chi connectivity index (χ4v) is 5.17. The van der Waals surface area contributed by atoms with Gasteiger partial charge >= 0.3 is 0 Å². The van der Waals surface area contributed by atoms with Gasteiger partial charge in [0.15, 0.2) is 0 Å².